The van der Waals surface area contributed by atoms with Crippen molar-refractivity contribution in [3.8, 4) is 0 Å². The zero-order valence-electron chi connectivity index (χ0n) is 9.66. The van der Waals surface area contributed by atoms with Crippen LogP contribution in [0.2, 0.25) is 5.02 Å². The minimum atomic E-state index is 0.515. The SMILES string of the molecule is CNC(=S)N/N=C(\C)CSc1ccc(Cl)cc1. The summed E-state index contributed by atoms with van der Waals surface area (Å²) < 4.78 is 0. The quantitative estimate of drug-likeness (QED) is 0.386. The Morgan fingerprint density at radius 2 is 2.06 bits per heavy atom. The van der Waals surface area contributed by atoms with Gasteiger partial charge in [0, 0.05) is 28.4 Å². The molecule has 92 valence electrons. The summed E-state index contributed by atoms with van der Waals surface area (Å²) >= 11 is 12.4. The third-order valence-electron chi connectivity index (χ3n) is 1.84. The van der Waals surface area contributed by atoms with E-state index in [2.05, 4.69) is 15.8 Å². The standard InChI is InChI=1S/C11H14ClN3S2/c1-8(14-15-11(16)13-2)7-17-10-5-3-9(12)4-6-10/h3-6H,7H2,1-2H3,(H2,13,15,16)/b14-8+. The lowest BCUT2D eigenvalue weighted by Gasteiger charge is -2.04. The van der Waals surface area contributed by atoms with E-state index in [0.717, 1.165) is 16.5 Å². The molecule has 1 aromatic carbocycles. The van der Waals surface area contributed by atoms with Gasteiger partial charge in [-0.05, 0) is 43.4 Å². The first-order chi connectivity index (χ1) is 8.11. The Morgan fingerprint density at radius 1 is 1.41 bits per heavy atom. The first kappa shape index (κ1) is 14.3. The average Bonchev–Trinajstić information content (AvgIpc) is 2.35. The second-order valence-corrected chi connectivity index (χ2v) is 5.17. The Kier molecular flexibility index (Phi) is 6.32. The molecule has 0 atom stereocenters. The van der Waals surface area contributed by atoms with E-state index in [1.807, 2.05) is 31.2 Å². The summed E-state index contributed by atoms with van der Waals surface area (Å²) in [5.74, 6) is 0.807. The van der Waals surface area contributed by atoms with Gasteiger partial charge in [-0.25, -0.2) is 0 Å². The molecule has 0 unspecified atom stereocenters. The number of thioether (sulfide) groups is 1. The van der Waals surface area contributed by atoms with Gasteiger partial charge in [0.15, 0.2) is 5.11 Å². The molecule has 0 aliphatic heterocycles. The average molecular weight is 288 g/mol. The van der Waals surface area contributed by atoms with Gasteiger partial charge in [-0.1, -0.05) is 11.6 Å². The van der Waals surface area contributed by atoms with Crippen LogP contribution in [0.15, 0.2) is 34.3 Å². The molecule has 0 amide bonds. The van der Waals surface area contributed by atoms with Crippen LogP contribution in [0.4, 0.5) is 0 Å². The van der Waals surface area contributed by atoms with Crippen LogP contribution in [0.5, 0.6) is 0 Å². The summed E-state index contributed by atoms with van der Waals surface area (Å²) in [7, 11) is 1.75. The third kappa shape index (κ3) is 5.91. The highest BCUT2D eigenvalue weighted by Gasteiger charge is 1.97. The lowest BCUT2D eigenvalue weighted by atomic mass is 10.4. The van der Waals surface area contributed by atoms with Gasteiger partial charge in [0.2, 0.25) is 0 Å². The minimum absolute atomic E-state index is 0.515. The molecule has 0 fully saturated rings. The Hall–Kier alpha value is -0.780. The second kappa shape index (κ2) is 7.53. The molecule has 2 N–H and O–H groups in total. The number of nitrogens with one attached hydrogen (secondary N) is 2. The molecule has 0 aliphatic rings. The summed E-state index contributed by atoms with van der Waals surface area (Å²) in [4.78, 5) is 1.17. The molecule has 0 saturated heterocycles. The molecule has 6 heteroatoms. The van der Waals surface area contributed by atoms with Gasteiger partial charge in [0.1, 0.15) is 0 Å². The topological polar surface area (TPSA) is 36.4 Å². The fourth-order valence-corrected chi connectivity index (χ4v) is 1.89. The van der Waals surface area contributed by atoms with Crippen molar-refractivity contribution in [2.45, 2.75) is 11.8 Å². The first-order valence-corrected chi connectivity index (χ1v) is 6.78. The molecule has 0 aliphatic carbocycles. The fraction of sp³-hybridized carbons (Fsp3) is 0.273. The van der Waals surface area contributed by atoms with E-state index in [4.69, 9.17) is 23.8 Å². The van der Waals surface area contributed by atoms with Crippen LogP contribution in [0.1, 0.15) is 6.92 Å². The Bertz CT molecular complexity index is 404. The third-order valence-corrected chi connectivity index (χ3v) is 3.55. The van der Waals surface area contributed by atoms with Gasteiger partial charge >= 0.3 is 0 Å². The van der Waals surface area contributed by atoms with Crippen LogP contribution in [0, 0.1) is 0 Å². The van der Waals surface area contributed by atoms with Gasteiger partial charge in [-0.3, -0.25) is 5.43 Å². The van der Waals surface area contributed by atoms with Crippen molar-refractivity contribution in [3.63, 3.8) is 0 Å². The lowest BCUT2D eigenvalue weighted by molar-refractivity contribution is 0.972. The molecule has 1 rings (SSSR count). The molecule has 1 aromatic rings. The maximum Gasteiger partial charge on any atom is 0.186 e. The predicted molar refractivity (Wildman–Crippen MR) is 80.1 cm³/mol. The molecular formula is C11H14ClN3S2. The molecule has 0 saturated carbocycles. The van der Waals surface area contributed by atoms with E-state index >= 15 is 0 Å². The van der Waals surface area contributed by atoms with Crippen molar-refractivity contribution >= 4 is 46.4 Å². The summed E-state index contributed by atoms with van der Waals surface area (Å²) in [6, 6.07) is 7.74. The highest BCUT2D eigenvalue weighted by atomic mass is 35.5. The summed E-state index contributed by atoms with van der Waals surface area (Å²) in [6.07, 6.45) is 0. The fourth-order valence-electron chi connectivity index (χ4n) is 0.953. The van der Waals surface area contributed by atoms with E-state index in [1.165, 1.54) is 4.90 Å². The van der Waals surface area contributed by atoms with E-state index in [9.17, 15) is 0 Å². The van der Waals surface area contributed by atoms with Crippen molar-refractivity contribution in [1.82, 2.24) is 10.7 Å². The van der Waals surface area contributed by atoms with Crippen molar-refractivity contribution < 1.29 is 0 Å². The maximum atomic E-state index is 5.81. The highest BCUT2D eigenvalue weighted by Crippen LogP contribution is 2.20. The molecule has 0 spiro atoms. The molecule has 17 heavy (non-hydrogen) atoms. The largest absolute Gasteiger partial charge is 0.364 e. The molecule has 0 aromatic heterocycles. The number of nitrogens with zero attached hydrogens (tertiary/aromatic N) is 1. The van der Waals surface area contributed by atoms with Crippen LogP contribution in [0.25, 0.3) is 0 Å². The summed E-state index contributed by atoms with van der Waals surface area (Å²) in [5, 5.41) is 8.20. The van der Waals surface area contributed by atoms with Crippen LogP contribution in [-0.4, -0.2) is 23.6 Å². The van der Waals surface area contributed by atoms with Gasteiger partial charge in [0.25, 0.3) is 0 Å². The maximum absolute atomic E-state index is 5.81. The number of hydrazone groups is 1. The number of benzene rings is 1. The van der Waals surface area contributed by atoms with E-state index in [0.29, 0.717) is 5.11 Å². The minimum Gasteiger partial charge on any atom is -0.364 e. The molecular weight excluding hydrogens is 274 g/mol. The second-order valence-electron chi connectivity index (χ2n) is 3.28. The molecule has 0 heterocycles. The number of hydrogen-bond donors (Lipinski definition) is 2. The Labute approximate surface area is 116 Å². The van der Waals surface area contributed by atoms with Crippen LogP contribution in [0.3, 0.4) is 0 Å². The zero-order chi connectivity index (χ0) is 12.7. The van der Waals surface area contributed by atoms with E-state index < -0.39 is 0 Å². The Morgan fingerprint density at radius 3 is 2.65 bits per heavy atom. The zero-order valence-corrected chi connectivity index (χ0v) is 12.0. The van der Waals surface area contributed by atoms with Crippen molar-refractivity contribution in [3.05, 3.63) is 29.3 Å². The smallest absolute Gasteiger partial charge is 0.186 e. The molecule has 0 bridgehead atoms. The number of halogens is 1. The van der Waals surface area contributed by atoms with Gasteiger partial charge in [-0.15, -0.1) is 11.8 Å². The monoisotopic (exact) mass is 287 g/mol. The molecule has 3 nitrogen and oxygen atoms in total. The number of thiocarbonyl (C=S) groups is 1. The number of hydrogen-bond acceptors (Lipinski definition) is 3. The number of rotatable bonds is 4. The van der Waals surface area contributed by atoms with Crippen molar-refractivity contribution in [2.24, 2.45) is 5.10 Å². The van der Waals surface area contributed by atoms with Gasteiger partial charge in [-0.2, -0.15) is 5.10 Å². The normalized spacial score (nSPS) is 11.1. The highest BCUT2D eigenvalue weighted by molar-refractivity contribution is 8.00. The summed E-state index contributed by atoms with van der Waals surface area (Å²) in [5.41, 5.74) is 3.73. The van der Waals surface area contributed by atoms with Crippen molar-refractivity contribution in [2.75, 3.05) is 12.8 Å². The van der Waals surface area contributed by atoms with E-state index in [1.54, 1.807) is 18.8 Å². The lowest BCUT2D eigenvalue weighted by Crippen LogP contribution is -2.29. The summed E-state index contributed by atoms with van der Waals surface area (Å²) in [6.45, 7) is 1.95. The van der Waals surface area contributed by atoms with Crippen LogP contribution >= 0.6 is 35.6 Å². The molecule has 0 radical (unpaired) electrons. The predicted octanol–water partition coefficient (Wildman–Crippen LogP) is 2.90. The first-order valence-electron chi connectivity index (χ1n) is 5.01. The van der Waals surface area contributed by atoms with Crippen LogP contribution < -0.4 is 10.7 Å². The van der Waals surface area contributed by atoms with E-state index in [-0.39, 0.29) is 0 Å². The van der Waals surface area contributed by atoms with Gasteiger partial charge < -0.3 is 5.32 Å². The van der Waals surface area contributed by atoms with Gasteiger partial charge in [0.05, 0.1) is 0 Å². The Balaban J connectivity index is 2.39. The van der Waals surface area contributed by atoms with Crippen molar-refractivity contribution in [1.29, 1.82) is 0 Å². The van der Waals surface area contributed by atoms with Crippen LogP contribution in [-0.2, 0) is 0 Å².